The number of rotatable bonds is 5. The van der Waals surface area contributed by atoms with Crippen LogP contribution in [0.1, 0.15) is 18.7 Å². The maximum absolute atomic E-state index is 5.83. The molecule has 0 radical (unpaired) electrons. The molecule has 0 amide bonds. The first-order valence-electron chi connectivity index (χ1n) is 7.40. The van der Waals surface area contributed by atoms with Crippen LogP contribution in [-0.2, 0) is 0 Å². The number of nitrogens with zero attached hydrogens (tertiary/aromatic N) is 4. The predicted octanol–water partition coefficient (Wildman–Crippen LogP) is 0.785. The van der Waals surface area contributed by atoms with E-state index in [4.69, 9.17) is 5.73 Å². The summed E-state index contributed by atoms with van der Waals surface area (Å²) in [6.45, 7) is 8.66. The number of hydrogen-bond acceptors (Lipinski definition) is 5. The lowest BCUT2D eigenvalue weighted by Gasteiger charge is -2.36. The van der Waals surface area contributed by atoms with Crippen molar-refractivity contribution < 1.29 is 0 Å². The van der Waals surface area contributed by atoms with Crippen molar-refractivity contribution in [2.75, 3.05) is 58.3 Å². The highest BCUT2D eigenvalue weighted by Crippen LogP contribution is 2.17. The summed E-state index contributed by atoms with van der Waals surface area (Å²) in [5.41, 5.74) is 8.00. The van der Waals surface area contributed by atoms with Crippen LogP contribution in [0.5, 0.6) is 0 Å². The fraction of sp³-hybridized carbons (Fsp3) is 0.667. The Hall–Kier alpha value is -1.17. The largest absolute Gasteiger partial charge is 0.368 e. The smallest absolute Gasteiger partial charge is 0.0569 e. The average Bonchev–Trinajstić information content (AvgIpc) is 2.46. The second-order valence-electron chi connectivity index (χ2n) is 5.86. The van der Waals surface area contributed by atoms with Gasteiger partial charge in [0.05, 0.1) is 17.6 Å². The summed E-state index contributed by atoms with van der Waals surface area (Å²) in [4.78, 5) is 11.6. The molecule has 0 aliphatic carbocycles. The molecule has 2 heterocycles. The summed E-state index contributed by atoms with van der Waals surface area (Å²) < 4.78 is 0. The van der Waals surface area contributed by atoms with Gasteiger partial charge in [-0.3, -0.25) is 9.88 Å². The average molecular weight is 277 g/mol. The molecule has 0 saturated carbocycles. The molecule has 1 aromatic rings. The molecule has 1 aliphatic rings. The van der Waals surface area contributed by atoms with Gasteiger partial charge in [-0.05, 0) is 33.2 Å². The van der Waals surface area contributed by atoms with Crippen molar-refractivity contribution in [3.8, 4) is 0 Å². The van der Waals surface area contributed by atoms with Gasteiger partial charge < -0.3 is 15.5 Å². The Bertz CT molecular complexity index is 393. The van der Waals surface area contributed by atoms with Crippen LogP contribution < -0.4 is 10.6 Å². The van der Waals surface area contributed by atoms with E-state index in [1.165, 1.54) is 5.69 Å². The zero-order valence-electron chi connectivity index (χ0n) is 12.9. The Balaban J connectivity index is 1.84. The molecule has 0 aromatic carbocycles. The van der Waals surface area contributed by atoms with Crippen molar-refractivity contribution in [2.45, 2.75) is 13.0 Å². The molecule has 0 bridgehead atoms. The van der Waals surface area contributed by atoms with Crippen molar-refractivity contribution >= 4 is 5.69 Å². The molecule has 5 heteroatoms. The Morgan fingerprint density at radius 3 is 2.45 bits per heavy atom. The molecule has 0 spiro atoms. The van der Waals surface area contributed by atoms with E-state index in [0.717, 1.165) is 45.0 Å². The van der Waals surface area contributed by atoms with Gasteiger partial charge in [0.25, 0.3) is 0 Å². The van der Waals surface area contributed by atoms with Crippen LogP contribution in [0.2, 0.25) is 0 Å². The zero-order chi connectivity index (χ0) is 14.5. The molecule has 1 aromatic heterocycles. The van der Waals surface area contributed by atoms with Gasteiger partial charge in [-0.2, -0.15) is 0 Å². The van der Waals surface area contributed by atoms with Crippen molar-refractivity contribution in [3.05, 3.63) is 24.0 Å². The minimum Gasteiger partial charge on any atom is -0.368 e. The minimum atomic E-state index is 0.00642. The lowest BCUT2D eigenvalue weighted by atomic mass is 10.2. The van der Waals surface area contributed by atoms with E-state index < -0.39 is 0 Å². The second-order valence-corrected chi connectivity index (χ2v) is 5.86. The topological polar surface area (TPSA) is 48.6 Å². The van der Waals surface area contributed by atoms with E-state index >= 15 is 0 Å². The standard InChI is InChI=1S/C15H27N5/c1-13(16)15-5-4-14(12-17-15)20-10-8-19(9-11-20)7-6-18(2)3/h4-5,12-13H,6-11,16H2,1-3H3/t13-/m0/s1. The van der Waals surface area contributed by atoms with E-state index in [1.54, 1.807) is 0 Å². The van der Waals surface area contributed by atoms with Gasteiger partial charge in [0.2, 0.25) is 0 Å². The van der Waals surface area contributed by atoms with E-state index in [-0.39, 0.29) is 6.04 Å². The maximum atomic E-state index is 5.83. The van der Waals surface area contributed by atoms with Gasteiger partial charge in [-0.1, -0.05) is 0 Å². The monoisotopic (exact) mass is 277 g/mol. The molecule has 1 aliphatic heterocycles. The molecular formula is C15H27N5. The molecular weight excluding hydrogens is 250 g/mol. The van der Waals surface area contributed by atoms with Crippen LogP contribution in [0, 0.1) is 0 Å². The number of pyridine rings is 1. The number of likely N-dealkylation sites (N-methyl/N-ethyl adjacent to an activating group) is 1. The van der Waals surface area contributed by atoms with Crippen LogP contribution in [0.15, 0.2) is 18.3 Å². The zero-order valence-corrected chi connectivity index (χ0v) is 12.9. The maximum Gasteiger partial charge on any atom is 0.0569 e. The van der Waals surface area contributed by atoms with Crippen molar-refractivity contribution in [1.29, 1.82) is 0 Å². The molecule has 20 heavy (non-hydrogen) atoms. The Labute approximate surface area is 122 Å². The van der Waals surface area contributed by atoms with Crippen LogP contribution in [0.4, 0.5) is 5.69 Å². The molecule has 1 saturated heterocycles. The molecule has 1 atom stereocenters. The third-order valence-electron chi connectivity index (χ3n) is 3.84. The minimum absolute atomic E-state index is 0.00642. The second kappa shape index (κ2) is 7.02. The van der Waals surface area contributed by atoms with E-state index in [1.807, 2.05) is 19.2 Å². The van der Waals surface area contributed by atoms with E-state index in [2.05, 4.69) is 39.8 Å². The van der Waals surface area contributed by atoms with E-state index in [9.17, 15) is 0 Å². The fourth-order valence-electron chi connectivity index (χ4n) is 2.43. The number of anilines is 1. The highest BCUT2D eigenvalue weighted by Gasteiger charge is 2.17. The van der Waals surface area contributed by atoms with Crippen molar-refractivity contribution in [3.63, 3.8) is 0 Å². The van der Waals surface area contributed by atoms with Gasteiger partial charge in [0, 0.05) is 45.3 Å². The van der Waals surface area contributed by atoms with E-state index in [0.29, 0.717) is 0 Å². The number of piperazine rings is 1. The highest BCUT2D eigenvalue weighted by molar-refractivity contribution is 5.45. The quantitative estimate of drug-likeness (QED) is 0.862. The van der Waals surface area contributed by atoms with Crippen LogP contribution in [0.3, 0.4) is 0 Å². The summed E-state index contributed by atoms with van der Waals surface area (Å²) in [5.74, 6) is 0. The first-order valence-corrected chi connectivity index (χ1v) is 7.40. The molecule has 5 nitrogen and oxygen atoms in total. The van der Waals surface area contributed by atoms with Crippen LogP contribution in [0.25, 0.3) is 0 Å². The third-order valence-corrected chi connectivity index (χ3v) is 3.84. The number of aromatic nitrogens is 1. The molecule has 1 fully saturated rings. The van der Waals surface area contributed by atoms with Crippen LogP contribution in [-0.4, -0.2) is 68.1 Å². The number of nitrogens with two attached hydrogens (primary N) is 1. The summed E-state index contributed by atoms with van der Waals surface area (Å²) in [5, 5.41) is 0. The highest BCUT2D eigenvalue weighted by atomic mass is 15.3. The Kier molecular flexibility index (Phi) is 5.34. The van der Waals surface area contributed by atoms with Gasteiger partial charge in [-0.25, -0.2) is 0 Å². The SMILES string of the molecule is C[C@H](N)c1ccc(N2CCN(CCN(C)C)CC2)cn1. The summed E-state index contributed by atoms with van der Waals surface area (Å²) in [6, 6.07) is 4.19. The van der Waals surface area contributed by atoms with Crippen LogP contribution >= 0.6 is 0 Å². The normalized spacial score (nSPS) is 18.6. The van der Waals surface area contributed by atoms with Gasteiger partial charge in [-0.15, -0.1) is 0 Å². The number of hydrogen-bond donors (Lipinski definition) is 1. The first-order chi connectivity index (χ1) is 9.56. The third kappa shape index (κ3) is 4.16. The first kappa shape index (κ1) is 15.2. The summed E-state index contributed by atoms with van der Waals surface area (Å²) in [6.07, 6.45) is 1.95. The lowest BCUT2D eigenvalue weighted by Crippen LogP contribution is -2.48. The lowest BCUT2D eigenvalue weighted by molar-refractivity contribution is 0.229. The molecule has 2 rings (SSSR count). The Morgan fingerprint density at radius 1 is 1.25 bits per heavy atom. The molecule has 112 valence electrons. The summed E-state index contributed by atoms with van der Waals surface area (Å²) >= 11 is 0. The van der Waals surface area contributed by atoms with Gasteiger partial charge >= 0.3 is 0 Å². The fourth-order valence-corrected chi connectivity index (χ4v) is 2.43. The summed E-state index contributed by atoms with van der Waals surface area (Å²) in [7, 11) is 4.25. The molecule has 0 unspecified atom stereocenters. The molecule has 2 N–H and O–H groups in total. The van der Waals surface area contributed by atoms with Crippen molar-refractivity contribution in [1.82, 2.24) is 14.8 Å². The van der Waals surface area contributed by atoms with Crippen molar-refractivity contribution in [2.24, 2.45) is 5.73 Å². The Morgan fingerprint density at radius 2 is 1.95 bits per heavy atom. The van der Waals surface area contributed by atoms with Gasteiger partial charge in [0.1, 0.15) is 0 Å². The van der Waals surface area contributed by atoms with Gasteiger partial charge in [0.15, 0.2) is 0 Å². The predicted molar refractivity (Wildman–Crippen MR) is 84.0 cm³/mol.